The summed E-state index contributed by atoms with van der Waals surface area (Å²) in [7, 11) is 0. The van der Waals surface area contributed by atoms with E-state index >= 15 is 0 Å². The van der Waals surface area contributed by atoms with Gasteiger partial charge in [-0.2, -0.15) is 5.48 Å². The van der Waals surface area contributed by atoms with Crippen LogP contribution in [0, 0.1) is 0 Å². The monoisotopic (exact) mass is 306 g/mol. The van der Waals surface area contributed by atoms with Crippen molar-refractivity contribution in [2.24, 2.45) is 0 Å². The standard InChI is InChI=1S/C16H22N2O4/c1-12(19)15-10-16(22-17-15,11-18-6-8-21-9-7-18)13-2-4-14(20)5-3-13/h2-5,15,17,20H,6-11H2,1H3. The SMILES string of the molecule is CC(=O)C1CC(CN2CCOCC2)(c2ccc(O)cc2)ON1. The smallest absolute Gasteiger partial charge is 0.149 e. The molecule has 0 spiro atoms. The van der Waals surface area contributed by atoms with Gasteiger partial charge in [0.2, 0.25) is 0 Å². The van der Waals surface area contributed by atoms with E-state index in [1.807, 2.05) is 12.1 Å². The summed E-state index contributed by atoms with van der Waals surface area (Å²) in [5.74, 6) is 0.293. The first-order chi connectivity index (χ1) is 10.6. The predicted octanol–water partition coefficient (Wildman–Crippen LogP) is 0.802. The number of Topliss-reactive ketones (excluding diaryl/α,β-unsaturated/α-hetero) is 1. The number of morpholine rings is 1. The van der Waals surface area contributed by atoms with Crippen LogP contribution in [0.25, 0.3) is 0 Å². The Kier molecular flexibility index (Phi) is 4.44. The van der Waals surface area contributed by atoms with Gasteiger partial charge in [0, 0.05) is 26.1 Å². The minimum absolute atomic E-state index is 0.0719. The van der Waals surface area contributed by atoms with Gasteiger partial charge in [-0.15, -0.1) is 0 Å². The minimum Gasteiger partial charge on any atom is -0.508 e. The van der Waals surface area contributed by atoms with Gasteiger partial charge in [0.05, 0.1) is 19.3 Å². The molecule has 2 fully saturated rings. The highest BCUT2D eigenvalue weighted by molar-refractivity contribution is 5.81. The molecule has 120 valence electrons. The molecule has 0 bridgehead atoms. The van der Waals surface area contributed by atoms with E-state index in [9.17, 15) is 9.90 Å². The Morgan fingerprint density at radius 3 is 2.64 bits per heavy atom. The summed E-state index contributed by atoms with van der Waals surface area (Å²) in [5.41, 5.74) is 3.26. The third-order valence-electron chi connectivity index (χ3n) is 4.40. The van der Waals surface area contributed by atoms with Gasteiger partial charge in [0.1, 0.15) is 17.1 Å². The van der Waals surface area contributed by atoms with Crippen molar-refractivity contribution in [3.63, 3.8) is 0 Å². The average molecular weight is 306 g/mol. The van der Waals surface area contributed by atoms with Crippen molar-refractivity contribution in [2.45, 2.75) is 25.0 Å². The van der Waals surface area contributed by atoms with Crippen molar-refractivity contribution < 1.29 is 19.5 Å². The molecule has 1 aromatic rings. The lowest BCUT2D eigenvalue weighted by molar-refractivity contribution is -0.121. The van der Waals surface area contributed by atoms with Gasteiger partial charge in [-0.3, -0.25) is 14.5 Å². The minimum atomic E-state index is -0.582. The van der Waals surface area contributed by atoms with Crippen molar-refractivity contribution in [1.82, 2.24) is 10.4 Å². The molecule has 0 radical (unpaired) electrons. The highest BCUT2D eigenvalue weighted by Gasteiger charge is 2.45. The van der Waals surface area contributed by atoms with Crippen molar-refractivity contribution in [3.8, 4) is 5.75 Å². The number of nitrogens with zero attached hydrogens (tertiary/aromatic N) is 1. The third kappa shape index (κ3) is 3.15. The van der Waals surface area contributed by atoms with Crippen LogP contribution in [0.4, 0.5) is 0 Å². The van der Waals surface area contributed by atoms with Crippen LogP contribution in [-0.2, 0) is 20.0 Å². The second-order valence-corrected chi connectivity index (χ2v) is 6.02. The number of aromatic hydroxyl groups is 1. The molecule has 2 unspecified atom stereocenters. The van der Waals surface area contributed by atoms with Gasteiger partial charge in [-0.25, -0.2) is 0 Å². The lowest BCUT2D eigenvalue weighted by Crippen LogP contribution is -2.46. The van der Waals surface area contributed by atoms with Crippen molar-refractivity contribution >= 4 is 5.78 Å². The molecule has 2 atom stereocenters. The van der Waals surface area contributed by atoms with Gasteiger partial charge >= 0.3 is 0 Å². The quantitative estimate of drug-likeness (QED) is 0.857. The lowest BCUT2D eigenvalue weighted by Gasteiger charge is -2.36. The van der Waals surface area contributed by atoms with Gasteiger partial charge in [0.15, 0.2) is 0 Å². The Hall–Kier alpha value is -1.47. The maximum Gasteiger partial charge on any atom is 0.149 e. The molecule has 0 aromatic heterocycles. The summed E-state index contributed by atoms with van der Waals surface area (Å²) < 4.78 is 5.39. The normalized spacial score (nSPS) is 29.6. The van der Waals surface area contributed by atoms with Crippen molar-refractivity contribution in [1.29, 1.82) is 0 Å². The largest absolute Gasteiger partial charge is 0.508 e. The number of carbonyl (C=O) groups is 1. The molecule has 6 nitrogen and oxygen atoms in total. The number of phenolic OH excluding ortho intramolecular Hbond substituents is 1. The van der Waals surface area contributed by atoms with Crippen LogP contribution in [-0.4, -0.2) is 54.7 Å². The summed E-state index contributed by atoms with van der Waals surface area (Å²) in [5, 5.41) is 9.51. The number of hydroxylamine groups is 1. The van der Waals surface area contributed by atoms with E-state index < -0.39 is 5.60 Å². The van der Waals surface area contributed by atoms with Gasteiger partial charge in [-0.05, 0) is 24.6 Å². The number of nitrogens with one attached hydrogen (secondary N) is 1. The molecule has 0 aliphatic carbocycles. The van der Waals surface area contributed by atoms with Crippen LogP contribution >= 0.6 is 0 Å². The molecule has 3 rings (SSSR count). The Labute approximate surface area is 130 Å². The molecule has 2 aliphatic heterocycles. The Morgan fingerprint density at radius 1 is 1.36 bits per heavy atom. The molecule has 6 heteroatoms. The molecule has 2 aliphatic rings. The number of phenols is 1. The molecule has 22 heavy (non-hydrogen) atoms. The van der Waals surface area contributed by atoms with Crippen LogP contribution in [0.3, 0.4) is 0 Å². The topological polar surface area (TPSA) is 71.0 Å². The van der Waals surface area contributed by atoms with Crippen molar-refractivity contribution in [3.05, 3.63) is 29.8 Å². The van der Waals surface area contributed by atoms with Gasteiger partial charge in [0.25, 0.3) is 0 Å². The fourth-order valence-corrected chi connectivity index (χ4v) is 3.07. The second kappa shape index (κ2) is 6.34. The van der Waals surface area contributed by atoms with E-state index in [1.165, 1.54) is 0 Å². The molecular weight excluding hydrogens is 284 g/mol. The molecule has 2 heterocycles. The number of ketones is 1. The van der Waals surface area contributed by atoms with Crippen LogP contribution < -0.4 is 5.48 Å². The van der Waals surface area contributed by atoms with Crippen LogP contribution in [0.15, 0.2) is 24.3 Å². The van der Waals surface area contributed by atoms with E-state index in [2.05, 4.69) is 10.4 Å². The first-order valence-corrected chi connectivity index (χ1v) is 7.63. The number of ether oxygens (including phenoxy) is 1. The highest BCUT2D eigenvalue weighted by atomic mass is 16.7. The number of carbonyl (C=O) groups excluding carboxylic acids is 1. The van der Waals surface area contributed by atoms with Crippen LogP contribution in [0.1, 0.15) is 18.9 Å². The first-order valence-electron chi connectivity index (χ1n) is 7.63. The van der Waals surface area contributed by atoms with E-state index in [0.717, 1.165) is 31.9 Å². The highest BCUT2D eigenvalue weighted by Crippen LogP contribution is 2.36. The fraction of sp³-hybridized carbons (Fsp3) is 0.562. The Balaban J connectivity index is 1.85. The fourth-order valence-electron chi connectivity index (χ4n) is 3.07. The number of rotatable bonds is 4. The maximum absolute atomic E-state index is 11.7. The van der Waals surface area contributed by atoms with E-state index in [-0.39, 0.29) is 17.6 Å². The first kappa shape index (κ1) is 15.4. The zero-order chi connectivity index (χ0) is 15.6. The summed E-state index contributed by atoms with van der Waals surface area (Å²) in [6.07, 6.45) is 0.588. The molecule has 2 saturated heterocycles. The zero-order valence-corrected chi connectivity index (χ0v) is 12.7. The second-order valence-electron chi connectivity index (χ2n) is 6.02. The molecular formula is C16H22N2O4. The van der Waals surface area contributed by atoms with Crippen molar-refractivity contribution in [2.75, 3.05) is 32.8 Å². The predicted molar refractivity (Wildman–Crippen MR) is 80.4 cm³/mol. The summed E-state index contributed by atoms with van der Waals surface area (Å²) in [6, 6.07) is 6.73. The summed E-state index contributed by atoms with van der Waals surface area (Å²) in [4.78, 5) is 19.9. The number of benzene rings is 1. The molecule has 0 amide bonds. The average Bonchev–Trinajstić information content (AvgIpc) is 2.94. The van der Waals surface area contributed by atoms with Gasteiger partial charge < -0.3 is 9.84 Å². The summed E-state index contributed by atoms with van der Waals surface area (Å²) in [6.45, 7) is 5.41. The van der Waals surface area contributed by atoms with E-state index in [0.29, 0.717) is 13.0 Å². The molecule has 1 aromatic carbocycles. The Bertz CT molecular complexity index is 527. The van der Waals surface area contributed by atoms with Crippen LogP contribution in [0.2, 0.25) is 0 Å². The molecule has 2 N–H and O–H groups in total. The van der Waals surface area contributed by atoms with Gasteiger partial charge in [-0.1, -0.05) is 12.1 Å². The zero-order valence-electron chi connectivity index (χ0n) is 12.7. The van der Waals surface area contributed by atoms with Crippen LogP contribution in [0.5, 0.6) is 5.75 Å². The number of hydrogen-bond donors (Lipinski definition) is 2. The number of hydrogen-bond acceptors (Lipinski definition) is 6. The lowest BCUT2D eigenvalue weighted by atomic mass is 9.86. The van der Waals surface area contributed by atoms with E-state index in [4.69, 9.17) is 9.57 Å². The Morgan fingerprint density at radius 2 is 2.05 bits per heavy atom. The maximum atomic E-state index is 11.7. The molecule has 0 saturated carbocycles. The van der Waals surface area contributed by atoms with E-state index in [1.54, 1.807) is 19.1 Å². The third-order valence-corrected chi connectivity index (χ3v) is 4.40. The summed E-state index contributed by atoms with van der Waals surface area (Å²) >= 11 is 0.